The lowest BCUT2D eigenvalue weighted by Gasteiger charge is -2.27. The topological polar surface area (TPSA) is 79.5 Å². The van der Waals surface area contributed by atoms with Gasteiger partial charge in [0.1, 0.15) is 6.17 Å². The molecular formula is C22H24Cl3N3O3S. The average molecular weight is 517 g/mol. The van der Waals surface area contributed by atoms with Crippen LogP contribution in [-0.2, 0) is 4.74 Å². The van der Waals surface area contributed by atoms with Crippen molar-refractivity contribution in [1.82, 2.24) is 10.6 Å². The Kier molecular flexibility index (Phi) is 10.0. The largest absolute Gasteiger partial charge is 0.462 e. The normalized spacial score (nSPS) is 11.9. The van der Waals surface area contributed by atoms with Gasteiger partial charge < -0.3 is 20.7 Å². The molecule has 0 spiro atoms. The van der Waals surface area contributed by atoms with Crippen molar-refractivity contribution in [2.45, 2.75) is 36.6 Å². The fraction of sp³-hybridized carbons (Fsp3) is 0.318. The number of aryl methyl sites for hydroxylation is 1. The van der Waals surface area contributed by atoms with Crippen LogP contribution in [0.15, 0.2) is 48.5 Å². The zero-order valence-electron chi connectivity index (χ0n) is 17.6. The molecule has 0 unspecified atom stereocenters. The number of anilines is 1. The molecule has 0 saturated heterocycles. The first-order valence-corrected chi connectivity index (χ1v) is 11.4. The summed E-state index contributed by atoms with van der Waals surface area (Å²) in [6.45, 7) is 4.32. The van der Waals surface area contributed by atoms with Crippen LogP contribution in [0, 0.1) is 6.92 Å². The minimum absolute atomic E-state index is 0.115. The molecule has 1 amide bonds. The van der Waals surface area contributed by atoms with E-state index in [9.17, 15) is 9.59 Å². The Morgan fingerprint density at radius 1 is 1.00 bits per heavy atom. The van der Waals surface area contributed by atoms with Gasteiger partial charge in [-0.2, -0.15) is 0 Å². The van der Waals surface area contributed by atoms with Crippen LogP contribution in [0.1, 0.15) is 46.0 Å². The summed E-state index contributed by atoms with van der Waals surface area (Å²) in [5, 5.41) is 8.45. The highest BCUT2D eigenvalue weighted by atomic mass is 35.6. The number of ether oxygens (including phenoxy) is 1. The lowest BCUT2D eigenvalue weighted by molar-refractivity contribution is 0.0499. The van der Waals surface area contributed by atoms with Crippen molar-refractivity contribution in [3.63, 3.8) is 0 Å². The van der Waals surface area contributed by atoms with Gasteiger partial charge in [0.2, 0.25) is 3.79 Å². The summed E-state index contributed by atoms with van der Waals surface area (Å²) in [6.07, 6.45) is 0.659. The number of unbranched alkanes of at least 4 members (excludes halogenated alkanes) is 1. The molecule has 2 rings (SSSR count). The number of alkyl halides is 3. The molecule has 0 radical (unpaired) electrons. The number of nitrogens with one attached hydrogen (secondary N) is 3. The molecule has 2 aromatic carbocycles. The molecular weight excluding hydrogens is 493 g/mol. The molecule has 0 saturated carbocycles. The van der Waals surface area contributed by atoms with Crippen LogP contribution < -0.4 is 16.0 Å². The Balaban J connectivity index is 1.97. The molecule has 3 N–H and O–H groups in total. The SMILES string of the molecule is CCCCOC(=O)c1ccc(NC(=S)N[C@H](NC(=O)c2ccc(C)cc2)C(Cl)(Cl)Cl)cc1. The number of amides is 1. The van der Waals surface area contributed by atoms with Crippen molar-refractivity contribution in [2.75, 3.05) is 11.9 Å². The minimum Gasteiger partial charge on any atom is -0.462 e. The third-order valence-corrected chi connectivity index (χ3v) is 5.18. The van der Waals surface area contributed by atoms with Gasteiger partial charge in [0.25, 0.3) is 5.91 Å². The fourth-order valence-electron chi connectivity index (χ4n) is 2.50. The first-order valence-electron chi connectivity index (χ1n) is 9.89. The lowest BCUT2D eigenvalue weighted by Crippen LogP contribution is -2.56. The highest BCUT2D eigenvalue weighted by Gasteiger charge is 2.34. The van der Waals surface area contributed by atoms with Gasteiger partial charge in [-0.1, -0.05) is 65.8 Å². The van der Waals surface area contributed by atoms with Gasteiger partial charge in [-0.15, -0.1) is 0 Å². The number of benzene rings is 2. The van der Waals surface area contributed by atoms with Crippen LogP contribution in [0.25, 0.3) is 0 Å². The van der Waals surface area contributed by atoms with E-state index in [0.29, 0.717) is 23.4 Å². The lowest BCUT2D eigenvalue weighted by atomic mass is 10.1. The third-order valence-electron chi connectivity index (χ3n) is 4.30. The molecule has 0 aliphatic heterocycles. The molecule has 2 aromatic rings. The molecule has 0 aliphatic rings. The van der Waals surface area contributed by atoms with Gasteiger partial charge >= 0.3 is 5.97 Å². The van der Waals surface area contributed by atoms with Gasteiger partial charge in [0.05, 0.1) is 12.2 Å². The van der Waals surface area contributed by atoms with E-state index in [1.807, 2.05) is 26.0 Å². The summed E-state index contributed by atoms with van der Waals surface area (Å²) < 4.78 is 3.30. The van der Waals surface area contributed by atoms with Gasteiger partial charge in [0, 0.05) is 11.3 Å². The van der Waals surface area contributed by atoms with Crippen molar-refractivity contribution < 1.29 is 14.3 Å². The molecule has 172 valence electrons. The summed E-state index contributed by atoms with van der Waals surface area (Å²) in [6, 6.07) is 13.5. The van der Waals surface area contributed by atoms with E-state index in [-0.39, 0.29) is 11.1 Å². The van der Waals surface area contributed by atoms with Crippen LogP contribution in [-0.4, -0.2) is 33.6 Å². The molecule has 0 fully saturated rings. The predicted octanol–water partition coefficient (Wildman–Crippen LogP) is 5.36. The molecule has 0 bridgehead atoms. The predicted molar refractivity (Wildman–Crippen MR) is 134 cm³/mol. The second-order valence-electron chi connectivity index (χ2n) is 6.98. The number of rotatable bonds is 8. The number of hydrogen-bond acceptors (Lipinski definition) is 4. The molecule has 0 heterocycles. The molecule has 6 nitrogen and oxygen atoms in total. The zero-order valence-corrected chi connectivity index (χ0v) is 20.7. The highest BCUT2D eigenvalue weighted by molar-refractivity contribution is 7.80. The number of carbonyl (C=O) groups excluding carboxylic acids is 2. The van der Waals surface area contributed by atoms with E-state index < -0.39 is 15.9 Å². The number of hydrogen-bond donors (Lipinski definition) is 3. The summed E-state index contributed by atoms with van der Waals surface area (Å²) in [4.78, 5) is 24.5. The standard InChI is InChI=1S/C22H24Cl3N3O3S/c1-3-4-13-31-19(30)16-9-11-17(12-10-16)26-21(32)28-20(22(23,24)25)27-18(29)15-7-5-14(2)6-8-15/h5-12,20H,3-4,13H2,1-2H3,(H,27,29)(H2,26,28,32)/t20-/m0/s1. The molecule has 32 heavy (non-hydrogen) atoms. The second kappa shape index (κ2) is 12.3. The maximum atomic E-state index is 12.5. The summed E-state index contributed by atoms with van der Waals surface area (Å²) in [7, 11) is 0. The maximum absolute atomic E-state index is 12.5. The first kappa shape index (κ1) is 26.2. The van der Waals surface area contributed by atoms with Crippen molar-refractivity contribution in [2.24, 2.45) is 0 Å². The summed E-state index contributed by atoms with van der Waals surface area (Å²) >= 11 is 23.4. The van der Waals surface area contributed by atoms with Gasteiger partial charge in [0.15, 0.2) is 5.11 Å². The fourth-order valence-corrected chi connectivity index (χ4v) is 3.06. The van der Waals surface area contributed by atoms with Crippen molar-refractivity contribution >= 4 is 69.7 Å². The van der Waals surface area contributed by atoms with E-state index in [1.54, 1.807) is 36.4 Å². The van der Waals surface area contributed by atoms with Crippen molar-refractivity contribution in [3.8, 4) is 0 Å². The Morgan fingerprint density at radius 2 is 1.59 bits per heavy atom. The number of halogens is 3. The first-order chi connectivity index (χ1) is 15.1. The van der Waals surface area contributed by atoms with Crippen molar-refractivity contribution in [1.29, 1.82) is 0 Å². The quantitative estimate of drug-likeness (QED) is 0.144. The van der Waals surface area contributed by atoms with Crippen LogP contribution in [0.3, 0.4) is 0 Å². The van der Waals surface area contributed by atoms with E-state index in [0.717, 1.165) is 18.4 Å². The van der Waals surface area contributed by atoms with Crippen LogP contribution in [0.5, 0.6) is 0 Å². The number of carbonyl (C=O) groups is 2. The second-order valence-corrected chi connectivity index (χ2v) is 9.76. The third kappa shape index (κ3) is 8.47. The monoisotopic (exact) mass is 515 g/mol. The smallest absolute Gasteiger partial charge is 0.338 e. The molecule has 0 aliphatic carbocycles. The number of thiocarbonyl (C=S) groups is 1. The van der Waals surface area contributed by atoms with Crippen molar-refractivity contribution in [3.05, 3.63) is 65.2 Å². The molecule has 0 aromatic heterocycles. The van der Waals surface area contributed by atoms with Crippen LogP contribution in [0.2, 0.25) is 0 Å². The van der Waals surface area contributed by atoms with E-state index in [1.165, 1.54) is 0 Å². The van der Waals surface area contributed by atoms with Crippen LogP contribution >= 0.6 is 47.0 Å². The maximum Gasteiger partial charge on any atom is 0.338 e. The summed E-state index contributed by atoms with van der Waals surface area (Å²) in [5.74, 6) is -0.816. The summed E-state index contributed by atoms with van der Waals surface area (Å²) in [5.41, 5.74) is 2.45. The Labute approximate surface area is 207 Å². The average Bonchev–Trinajstić information content (AvgIpc) is 2.73. The molecule has 10 heteroatoms. The number of esters is 1. The van der Waals surface area contributed by atoms with E-state index in [4.69, 9.17) is 51.8 Å². The Morgan fingerprint density at radius 3 is 2.16 bits per heavy atom. The molecule has 1 atom stereocenters. The zero-order chi connectivity index (χ0) is 23.7. The van der Waals surface area contributed by atoms with Crippen LogP contribution in [0.4, 0.5) is 5.69 Å². The Bertz CT molecular complexity index is 932. The Hall–Kier alpha value is -2.06. The van der Waals surface area contributed by atoms with E-state index >= 15 is 0 Å². The van der Waals surface area contributed by atoms with Gasteiger partial charge in [-0.05, 0) is 62.0 Å². The minimum atomic E-state index is -1.88. The van der Waals surface area contributed by atoms with Gasteiger partial charge in [-0.25, -0.2) is 4.79 Å². The van der Waals surface area contributed by atoms with E-state index in [2.05, 4.69) is 16.0 Å². The highest BCUT2D eigenvalue weighted by Crippen LogP contribution is 2.29. The van der Waals surface area contributed by atoms with Gasteiger partial charge in [-0.3, -0.25) is 4.79 Å².